The molecular formula is C15H15N3O2S. The number of nitrogens with zero attached hydrogens (tertiary/aromatic N) is 2. The molecule has 0 atom stereocenters. The number of rotatable bonds is 4. The number of hydrogen-bond donors (Lipinski definition) is 1. The molecule has 6 heteroatoms. The maximum Gasteiger partial charge on any atom is 0.178 e. The monoisotopic (exact) mass is 301 g/mol. The van der Waals surface area contributed by atoms with Crippen molar-refractivity contribution in [3.8, 4) is 11.5 Å². The van der Waals surface area contributed by atoms with Crippen molar-refractivity contribution >= 4 is 23.3 Å². The number of aromatic amines is 1. The molecule has 0 bridgehead atoms. The average Bonchev–Trinajstić information content (AvgIpc) is 2.82. The molecule has 0 saturated carbocycles. The summed E-state index contributed by atoms with van der Waals surface area (Å²) in [6, 6.07) is 9.64. The number of imidazole rings is 1. The highest BCUT2D eigenvalue weighted by Crippen LogP contribution is 2.32. The third-order valence-corrected chi connectivity index (χ3v) is 3.65. The smallest absolute Gasteiger partial charge is 0.178 e. The van der Waals surface area contributed by atoms with Crippen LogP contribution in [0.4, 0.5) is 0 Å². The van der Waals surface area contributed by atoms with Crippen molar-refractivity contribution in [2.75, 3.05) is 14.2 Å². The van der Waals surface area contributed by atoms with Crippen LogP contribution in [0.1, 0.15) is 5.69 Å². The molecule has 2 heterocycles. The molecule has 3 rings (SSSR count). The zero-order chi connectivity index (χ0) is 14.8. The molecule has 0 spiro atoms. The van der Waals surface area contributed by atoms with Crippen LogP contribution >= 0.6 is 12.2 Å². The highest BCUT2D eigenvalue weighted by molar-refractivity contribution is 7.71. The molecule has 0 saturated heterocycles. The fourth-order valence-corrected chi connectivity index (χ4v) is 2.57. The van der Waals surface area contributed by atoms with Crippen molar-refractivity contribution in [2.45, 2.75) is 6.54 Å². The molecule has 0 aliphatic rings. The lowest BCUT2D eigenvalue weighted by Gasteiger charge is -2.09. The standard InChI is InChI=1S/C15H15N3O2S/c1-19-13-7-11-12(8-14(13)20-2)18(15(21)17-11)9-10-5-3-4-6-16-10/h3-8H,9H2,1-2H3,(H,17,21). The first-order valence-corrected chi connectivity index (χ1v) is 6.88. The molecule has 21 heavy (non-hydrogen) atoms. The van der Waals surface area contributed by atoms with E-state index in [9.17, 15) is 0 Å². The van der Waals surface area contributed by atoms with Crippen molar-refractivity contribution in [1.82, 2.24) is 14.5 Å². The van der Waals surface area contributed by atoms with Gasteiger partial charge < -0.3 is 19.0 Å². The fraction of sp³-hybridized carbons (Fsp3) is 0.200. The molecule has 108 valence electrons. The van der Waals surface area contributed by atoms with Crippen molar-refractivity contribution < 1.29 is 9.47 Å². The molecule has 0 aliphatic heterocycles. The van der Waals surface area contributed by atoms with E-state index in [1.807, 2.05) is 34.9 Å². The van der Waals surface area contributed by atoms with Gasteiger partial charge in [-0.25, -0.2) is 0 Å². The van der Waals surface area contributed by atoms with E-state index in [4.69, 9.17) is 21.7 Å². The van der Waals surface area contributed by atoms with Gasteiger partial charge in [-0.15, -0.1) is 0 Å². The van der Waals surface area contributed by atoms with Crippen LogP contribution in [0.3, 0.4) is 0 Å². The molecule has 0 radical (unpaired) electrons. The summed E-state index contributed by atoms with van der Waals surface area (Å²) >= 11 is 5.41. The maximum atomic E-state index is 5.41. The number of aromatic nitrogens is 3. The third-order valence-electron chi connectivity index (χ3n) is 3.33. The Bertz CT molecular complexity index is 824. The van der Waals surface area contributed by atoms with Crippen molar-refractivity contribution in [2.24, 2.45) is 0 Å². The van der Waals surface area contributed by atoms with Crippen molar-refractivity contribution in [3.63, 3.8) is 0 Å². The third kappa shape index (κ3) is 2.50. The Balaban J connectivity index is 2.14. The first kappa shape index (κ1) is 13.6. The second-order valence-electron chi connectivity index (χ2n) is 4.56. The van der Waals surface area contributed by atoms with Crippen molar-refractivity contribution in [1.29, 1.82) is 0 Å². The molecular weight excluding hydrogens is 286 g/mol. The van der Waals surface area contributed by atoms with Gasteiger partial charge in [0.2, 0.25) is 0 Å². The highest BCUT2D eigenvalue weighted by Gasteiger charge is 2.11. The van der Waals surface area contributed by atoms with E-state index in [1.165, 1.54) is 0 Å². The van der Waals surface area contributed by atoms with Gasteiger partial charge in [0.15, 0.2) is 16.3 Å². The van der Waals surface area contributed by atoms with E-state index in [0.29, 0.717) is 22.8 Å². The molecule has 0 aliphatic carbocycles. The molecule has 1 N–H and O–H groups in total. The van der Waals surface area contributed by atoms with Gasteiger partial charge in [0.05, 0.1) is 37.5 Å². The summed E-state index contributed by atoms with van der Waals surface area (Å²) in [7, 11) is 3.23. The number of methoxy groups -OCH3 is 2. The van der Waals surface area contributed by atoms with E-state index < -0.39 is 0 Å². The van der Waals surface area contributed by atoms with Crippen molar-refractivity contribution in [3.05, 3.63) is 47.0 Å². The lowest BCUT2D eigenvalue weighted by molar-refractivity contribution is 0.355. The number of pyridine rings is 1. The number of fused-ring (bicyclic) bond motifs is 1. The summed E-state index contributed by atoms with van der Waals surface area (Å²) in [4.78, 5) is 7.53. The van der Waals surface area contributed by atoms with E-state index >= 15 is 0 Å². The molecule has 3 aromatic rings. The number of nitrogens with one attached hydrogen (secondary N) is 1. The van der Waals surface area contributed by atoms with Gasteiger partial charge in [-0.2, -0.15) is 0 Å². The van der Waals surface area contributed by atoms with Gasteiger partial charge in [0.25, 0.3) is 0 Å². The van der Waals surface area contributed by atoms with Gasteiger partial charge in [0.1, 0.15) is 0 Å². The average molecular weight is 301 g/mol. The molecule has 0 amide bonds. The molecule has 1 aromatic carbocycles. The molecule has 2 aromatic heterocycles. The predicted molar refractivity (Wildman–Crippen MR) is 83.6 cm³/mol. The SMILES string of the molecule is COc1cc2[nH]c(=S)n(Cc3ccccn3)c2cc1OC. The minimum Gasteiger partial charge on any atom is -0.493 e. The first-order valence-electron chi connectivity index (χ1n) is 6.47. The molecule has 5 nitrogen and oxygen atoms in total. The van der Waals surface area contributed by atoms with Gasteiger partial charge in [-0.1, -0.05) is 6.07 Å². The van der Waals surface area contributed by atoms with E-state index in [2.05, 4.69) is 9.97 Å². The van der Waals surface area contributed by atoms with Gasteiger partial charge in [-0.3, -0.25) is 4.98 Å². The summed E-state index contributed by atoms with van der Waals surface area (Å²) in [6.07, 6.45) is 1.78. The van der Waals surface area contributed by atoms with Crippen LogP contribution in [0.5, 0.6) is 11.5 Å². The van der Waals surface area contributed by atoms with Gasteiger partial charge in [0, 0.05) is 18.3 Å². The van der Waals surface area contributed by atoms with Crippen LogP contribution in [0, 0.1) is 4.77 Å². The Hall–Kier alpha value is -2.34. The maximum absolute atomic E-state index is 5.41. The Morgan fingerprint density at radius 3 is 2.62 bits per heavy atom. The number of ether oxygens (including phenoxy) is 2. The Kier molecular flexibility index (Phi) is 3.62. The Labute approximate surface area is 127 Å². The summed E-state index contributed by atoms with van der Waals surface area (Å²) in [5.41, 5.74) is 2.82. The molecule has 0 unspecified atom stereocenters. The summed E-state index contributed by atoms with van der Waals surface area (Å²) < 4.78 is 13.3. The van der Waals surface area contributed by atoms with Crippen LogP contribution < -0.4 is 9.47 Å². The lowest BCUT2D eigenvalue weighted by Crippen LogP contribution is -2.01. The van der Waals surface area contributed by atoms with Crippen LogP contribution in [-0.4, -0.2) is 28.8 Å². The summed E-state index contributed by atoms with van der Waals surface area (Å²) in [5.74, 6) is 1.35. The van der Waals surface area contributed by atoms with E-state index in [0.717, 1.165) is 16.7 Å². The van der Waals surface area contributed by atoms with Crippen LogP contribution in [0.15, 0.2) is 36.5 Å². The second-order valence-corrected chi connectivity index (χ2v) is 4.95. The number of hydrogen-bond acceptors (Lipinski definition) is 4. The Morgan fingerprint density at radius 1 is 1.19 bits per heavy atom. The lowest BCUT2D eigenvalue weighted by atomic mass is 10.2. The summed E-state index contributed by atoms with van der Waals surface area (Å²) in [5, 5.41) is 0. The number of benzene rings is 1. The van der Waals surface area contributed by atoms with Crippen LogP contribution in [0.25, 0.3) is 11.0 Å². The van der Waals surface area contributed by atoms with E-state index in [-0.39, 0.29) is 0 Å². The number of H-pyrrole nitrogens is 1. The van der Waals surface area contributed by atoms with E-state index in [1.54, 1.807) is 20.4 Å². The highest BCUT2D eigenvalue weighted by atomic mass is 32.1. The second kappa shape index (κ2) is 5.57. The minimum absolute atomic E-state index is 0.606. The zero-order valence-corrected chi connectivity index (χ0v) is 12.6. The topological polar surface area (TPSA) is 52.1 Å². The fourth-order valence-electron chi connectivity index (χ4n) is 2.29. The predicted octanol–water partition coefficient (Wildman–Crippen LogP) is 3.16. The first-order chi connectivity index (χ1) is 10.2. The van der Waals surface area contributed by atoms with Gasteiger partial charge in [-0.05, 0) is 24.4 Å². The van der Waals surface area contributed by atoms with Crippen LogP contribution in [0.2, 0.25) is 0 Å². The minimum atomic E-state index is 0.606. The molecule has 0 fully saturated rings. The quantitative estimate of drug-likeness (QED) is 0.752. The van der Waals surface area contributed by atoms with Gasteiger partial charge >= 0.3 is 0 Å². The largest absolute Gasteiger partial charge is 0.493 e. The summed E-state index contributed by atoms with van der Waals surface area (Å²) in [6.45, 7) is 0.606. The van der Waals surface area contributed by atoms with Crippen LogP contribution in [-0.2, 0) is 6.54 Å². The zero-order valence-electron chi connectivity index (χ0n) is 11.8. The Morgan fingerprint density at radius 2 is 1.95 bits per heavy atom. The normalized spacial score (nSPS) is 10.8.